The third-order valence-corrected chi connectivity index (χ3v) is 2.81. The molecule has 1 unspecified atom stereocenters. The Bertz CT molecular complexity index is 406. The lowest BCUT2D eigenvalue weighted by Gasteiger charge is -2.20. The van der Waals surface area contributed by atoms with Crippen LogP contribution in [0.2, 0.25) is 0 Å². The maximum Gasteiger partial charge on any atom is 0.234 e. The number of nitrogens with zero attached hydrogens (tertiary/aromatic N) is 2. The van der Waals surface area contributed by atoms with E-state index < -0.39 is 0 Å². The maximum absolute atomic E-state index is 11.6. The lowest BCUT2D eigenvalue weighted by atomic mass is 10.1. The van der Waals surface area contributed by atoms with E-state index in [2.05, 4.69) is 29.6 Å². The molecule has 19 heavy (non-hydrogen) atoms. The highest BCUT2D eigenvalue weighted by Gasteiger charge is 2.13. The van der Waals surface area contributed by atoms with Crippen LogP contribution in [0.3, 0.4) is 0 Å². The van der Waals surface area contributed by atoms with Crippen LogP contribution in [0.4, 0.5) is 0 Å². The Morgan fingerprint density at radius 3 is 2.74 bits per heavy atom. The second-order valence-corrected chi connectivity index (χ2v) is 5.95. The van der Waals surface area contributed by atoms with Crippen molar-refractivity contribution in [1.82, 2.24) is 20.4 Å². The molecule has 5 nitrogen and oxygen atoms in total. The molecule has 1 atom stereocenters. The molecule has 1 rings (SSSR count). The van der Waals surface area contributed by atoms with E-state index in [1.807, 2.05) is 37.7 Å². The summed E-state index contributed by atoms with van der Waals surface area (Å²) in [5.74, 6) is 0.00820. The monoisotopic (exact) mass is 266 g/mol. The zero-order valence-electron chi connectivity index (χ0n) is 12.7. The topological polar surface area (TPSA) is 59.0 Å². The van der Waals surface area contributed by atoms with Gasteiger partial charge in [-0.1, -0.05) is 6.92 Å². The second-order valence-electron chi connectivity index (χ2n) is 5.95. The summed E-state index contributed by atoms with van der Waals surface area (Å²) in [6.45, 7) is 11.1. The van der Waals surface area contributed by atoms with Crippen molar-refractivity contribution in [1.29, 1.82) is 0 Å². The van der Waals surface area contributed by atoms with Crippen LogP contribution in [0.1, 0.15) is 52.8 Å². The molecule has 1 heterocycles. The van der Waals surface area contributed by atoms with Gasteiger partial charge in [-0.05, 0) is 40.2 Å². The van der Waals surface area contributed by atoms with Gasteiger partial charge in [0.2, 0.25) is 5.91 Å². The second kappa shape index (κ2) is 6.70. The van der Waals surface area contributed by atoms with E-state index in [1.165, 1.54) is 0 Å². The number of nitrogens with one attached hydrogen (secondary N) is 2. The summed E-state index contributed by atoms with van der Waals surface area (Å²) in [6.07, 6.45) is 3.04. The molecule has 2 N–H and O–H groups in total. The molecule has 0 fully saturated rings. The summed E-state index contributed by atoms with van der Waals surface area (Å²) in [5.41, 5.74) is 0.778. The van der Waals surface area contributed by atoms with Crippen molar-refractivity contribution in [2.45, 2.75) is 59.2 Å². The largest absolute Gasteiger partial charge is 0.350 e. The molecule has 108 valence electrons. The van der Waals surface area contributed by atoms with Crippen molar-refractivity contribution in [3.63, 3.8) is 0 Å². The van der Waals surface area contributed by atoms with E-state index in [9.17, 15) is 4.79 Å². The number of carbonyl (C=O) groups excluding carboxylic acids is 1. The van der Waals surface area contributed by atoms with Crippen molar-refractivity contribution in [3.8, 4) is 0 Å². The fraction of sp³-hybridized carbons (Fsp3) is 0.714. The summed E-state index contributed by atoms with van der Waals surface area (Å²) >= 11 is 0. The highest BCUT2D eigenvalue weighted by molar-refractivity contribution is 5.78. The van der Waals surface area contributed by atoms with E-state index >= 15 is 0 Å². The van der Waals surface area contributed by atoms with Crippen LogP contribution in [0.25, 0.3) is 0 Å². The molecule has 0 bridgehead atoms. The lowest BCUT2D eigenvalue weighted by Crippen LogP contribution is -2.44. The normalized spacial score (nSPS) is 13.3. The van der Waals surface area contributed by atoms with E-state index in [0.717, 1.165) is 12.1 Å². The Hall–Kier alpha value is -1.36. The molecule has 0 saturated heterocycles. The van der Waals surface area contributed by atoms with Crippen LogP contribution >= 0.6 is 0 Å². The average Bonchev–Trinajstić information content (AvgIpc) is 2.74. The van der Waals surface area contributed by atoms with Crippen LogP contribution < -0.4 is 10.6 Å². The maximum atomic E-state index is 11.6. The van der Waals surface area contributed by atoms with Crippen molar-refractivity contribution in [2.75, 3.05) is 6.54 Å². The van der Waals surface area contributed by atoms with Crippen LogP contribution in [0.5, 0.6) is 0 Å². The Balaban J connectivity index is 2.33. The van der Waals surface area contributed by atoms with Crippen molar-refractivity contribution in [2.24, 2.45) is 0 Å². The van der Waals surface area contributed by atoms with E-state index in [1.54, 1.807) is 0 Å². The van der Waals surface area contributed by atoms with Gasteiger partial charge < -0.3 is 10.6 Å². The van der Waals surface area contributed by atoms with Crippen molar-refractivity contribution < 1.29 is 4.79 Å². The first-order valence-electron chi connectivity index (χ1n) is 6.87. The number of amides is 1. The molecular weight excluding hydrogens is 240 g/mol. The van der Waals surface area contributed by atoms with Gasteiger partial charge in [-0.25, -0.2) is 0 Å². The molecule has 1 amide bonds. The minimum absolute atomic E-state index is 0.00820. The molecule has 5 heteroatoms. The van der Waals surface area contributed by atoms with Gasteiger partial charge in [0.1, 0.15) is 0 Å². The van der Waals surface area contributed by atoms with Crippen LogP contribution in [0.15, 0.2) is 12.3 Å². The standard InChI is InChI=1S/C14H26N4O/c1-6-11(2)18-8-7-12(17-18)9-15-10-13(19)16-14(3,4)5/h7-8,11,15H,6,9-10H2,1-5H3,(H,16,19). The fourth-order valence-electron chi connectivity index (χ4n) is 1.67. The first-order chi connectivity index (χ1) is 8.81. The zero-order chi connectivity index (χ0) is 14.5. The number of rotatable bonds is 6. The third-order valence-electron chi connectivity index (χ3n) is 2.81. The predicted molar refractivity (Wildman–Crippen MR) is 76.8 cm³/mol. The Kier molecular flexibility index (Phi) is 5.54. The number of hydrogen-bond acceptors (Lipinski definition) is 3. The molecular formula is C14H26N4O. The van der Waals surface area contributed by atoms with Crippen molar-refractivity contribution in [3.05, 3.63) is 18.0 Å². The van der Waals surface area contributed by atoms with Crippen molar-refractivity contribution >= 4 is 5.91 Å². The molecule has 0 aliphatic carbocycles. The molecule has 0 aliphatic heterocycles. The van der Waals surface area contributed by atoms with Gasteiger partial charge in [0, 0.05) is 24.3 Å². The van der Waals surface area contributed by atoms with E-state index in [4.69, 9.17) is 0 Å². The average molecular weight is 266 g/mol. The van der Waals surface area contributed by atoms with Gasteiger partial charge in [0.15, 0.2) is 0 Å². The lowest BCUT2D eigenvalue weighted by molar-refractivity contribution is -0.121. The highest BCUT2D eigenvalue weighted by atomic mass is 16.2. The van der Waals surface area contributed by atoms with Gasteiger partial charge in [0.25, 0.3) is 0 Å². The number of carbonyl (C=O) groups is 1. The zero-order valence-corrected chi connectivity index (χ0v) is 12.7. The Morgan fingerprint density at radius 1 is 1.47 bits per heavy atom. The Morgan fingerprint density at radius 2 is 2.16 bits per heavy atom. The van der Waals surface area contributed by atoms with Crippen LogP contribution in [-0.2, 0) is 11.3 Å². The minimum atomic E-state index is -0.184. The molecule has 1 aromatic rings. The minimum Gasteiger partial charge on any atom is -0.350 e. The summed E-state index contributed by atoms with van der Waals surface area (Å²) in [5, 5.41) is 10.5. The van der Waals surface area contributed by atoms with Gasteiger partial charge in [0.05, 0.1) is 12.2 Å². The summed E-state index contributed by atoms with van der Waals surface area (Å²) in [6, 6.07) is 2.40. The molecule has 1 aromatic heterocycles. The fourth-order valence-corrected chi connectivity index (χ4v) is 1.67. The molecule has 0 aliphatic rings. The first kappa shape index (κ1) is 15.7. The van der Waals surface area contributed by atoms with E-state index in [0.29, 0.717) is 19.1 Å². The quantitative estimate of drug-likeness (QED) is 0.826. The number of aromatic nitrogens is 2. The van der Waals surface area contributed by atoms with Crippen LogP contribution in [-0.4, -0.2) is 27.8 Å². The third kappa shape index (κ3) is 5.87. The van der Waals surface area contributed by atoms with Gasteiger partial charge in [-0.2, -0.15) is 5.10 Å². The highest BCUT2D eigenvalue weighted by Crippen LogP contribution is 2.08. The van der Waals surface area contributed by atoms with E-state index in [-0.39, 0.29) is 11.4 Å². The molecule has 0 radical (unpaired) electrons. The molecule has 0 spiro atoms. The Labute approximate surface area is 115 Å². The van der Waals surface area contributed by atoms with Crippen LogP contribution in [0, 0.1) is 0 Å². The van der Waals surface area contributed by atoms with Gasteiger partial charge in [-0.15, -0.1) is 0 Å². The molecule has 0 saturated carbocycles. The smallest absolute Gasteiger partial charge is 0.234 e. The summed E-state index contributed by atoms with van der Waals surface area (Å²) in [7, 11) is 0. The molecule has 0 aromatic carbocycles. The van der Waals surface area contributed by atoms with Gasteiger partial charge >= 0.3 is 0 Å². The summed E-state index contributed by atoms with van der Waals surface area (Å²) < 4.78 is 1.96. The first-order valence-corrected chi connectivity index (χ1v) is 6.87. The number of hydrogen-bond donors (Lipinski definition) is 2. The summed E-state index contributed by atoms with van der Waals surface area (Å²) in [4.78, 5) is 11.6. The SMILES string of the molecule is CCC(C)n1ccc(CNCC(=O)NC(C)(C)C)n1. The van der Waals surface area contributed by atoms with Gasteiger partial charge in [-0.3, -0.25) is 9.48 Å². The predicted octanol–water partition coefficient (Wildman–Crippen LogP) is 1.86.